The summed E-state index contributed by atoms with van der Waals surface area (Å²) in [4.78, 5) is 23.3. The molecule has 4 N–H and O–H groups in total. The quantitative estimate of drug-likeness (QED) is 0.443. The molecule has 0 aromatic heterocycles. The summed E-state index contributed by atoms with van der Waals surface area (Å²) in [6, 6.07) is 13.9. The van der Waals surface area contributed by atoms with Crippen molar-refractivity contribution in [1.82, 2.24) is 5.43 Å². The first kappa shape index (κ1) is 15.5. The zero-order valence-corrected chi connectivity index (χ0v) is 12.1. The molecule has 0 heterocycles. The molecule has 6 nitrogen and oxygen atoms in total. The number of amides is 2. The Labute approximate surface area is 128 Å². The zero-order chi connectivity index (χ0) is 15.9. The molecule has 2 aromatic rings. The Bertz CT molecular complexity index is 669. The van der Waals surface area contributed by atoms with Crippen molar-refractivity contribution in [3.8, 4) is 5.75 Å². The molecule has 0 aliphatic rings. The molecule has 0 aliphatic heterocycles. The highest BCUT2D eigenvalue weighted by atomic mass is 16.5. The standard InChI is InChI=1S/C16H17N3O3/c1-22-14-4-2-3-12(10-14)16(21)18-13-7-5-11(6-8-13)9-15(20)19-17/h2-8,10H,9,17H2,1H3,(H,18,21)(H,19,20). The van der Waals surface area contributed by atoms with Crippen molar-refractivity contribution in [1.29, 1.82) is 0 Å². The average molecular weight is 299 g/mol. The molecule has 2 amide bonds. The lowest BCUT2D eigenvalue weighted by atomic mass is 10.1. The summed E-state index contributed by atoms with van der Waals surface area (Å²) >= 11 is 0. The molecule has 2 aromatic carbocycles. The Kier molecular flexibility index (Phi) is 5.11. The number of anilines is 1. The monoisotopic (exact) mass is 299 g/mol. The number of nitrogens with two attached hydrogens (primary N) is 1. The fourth-order valence-electron chi connectivity index (χ4n) is 1.91. The molecule has 0 unspecified atom stereocenters. The molecule has 22 heavy (non-hydrogen) atoms. The molecule has 0 atom stereocenters. The lowest BCUT2D eigenvalue weighted by Crippen LogP contribution is -2.31. The molecule has 6 heteroatoms. The number of carbonyl (C=O) groups excluding carboxylic acids is 2. The molecule has 2 rings (SSSR count). The van der Waals surface area contributed by atoms with Gasteiger partial charge >= 0.3 is 0 Å². The number of hydrogen-bond donors (Lipinski definition) is 3. The van der Waals surface area contributed by atoms with E-state index < -0.39 is 0 Å². The minimum atomic E-state index is -0.270. The summed E-state index contributed by atoms with van der Waals surface area (Å²) in [6.07, 6.45) is 0.195. The number of nitrogens with one attached hydrogen (secondary N) is 2. The van der Waals surface area contributed by atoms with E-state index in [1.165, 1.54) is 0 Å². The maximum Gasteiger partial charge on any atom is 0.255 e. The number of methoxy groups -OCH3 is 1. The first-order valence-corrected chi connectivity index (χ1v) is 6.66. The summed E-state index contributed by atoms with van der Waals surface area (Å²) in [5.74, 6) is 5.16. The average Bonchev–Trinajstić information content (AvgIpc) is 2.56. The van der Waals surface area contributed by atoms with Gasteiger partial charge in [0.25, 0.3) is 5.91 Å². The van der Waals surface area contributed by atoms with Crippen LogP contribution < -0.4 is 21.3 Å². The summed E-state index contributed by atoms with van der Waals surface area (Å²) < 4.78 is 5.09. The smallest absolute Gasteiger partial charge is 0.255 e. The van der Waals surface area contributed by atoms with Gasteiger partial charge in [0.1, 0.15) is 5.75 Å². The molecule has 0 aliphatic carbocycles. The number of hydrazine groups is 1. The van der Waals surface area contributed by atoms with Gasteiger partial charge in [0, 0.05) is 11.3 Å². The van der Waals surface area contributed by atoms with E-state index in [0.717, 1.165) is 5.56 Å². The third-order valence-corrected chi connectivity index (χ3v) is 3.07. The summed E-state index contributed by atoms with van der Waals surface area (Å²) in [5, 5.41) is 2.78. The Hall–Kier alpha value is -2.86. The second kappa shape index (κ2) is 7.24. The van der Waals surface area contributed by atoms with Crippen LogP contribution in [0.2, 0.25) is 0 Å². The molecule has 0 spiro atoms. The number of hydrogen-bond acceptors (Lipinski definition) is 4. The molecular weight excluding hydrogens is 282 g/mol. The molecule has 114 valence electrons. The second-order valence-electron chi connectivity index (χ2n) is 4.63. The van der Waals surface area contributed by atoms with Gasteiger partial charge in [-0.2, -0.15) is 0 Å². The van der Waals surface area contributed by atoms with Crippen LogP contribution in [0, 0.1) is 0 Å². The van der Waals surface area contributed by atoms with Crippen LogP contribution in [-0.4, -0.2) is 18.9 Å². The number of benzene rings is 2. The summed E-state index contributed by atoms with van der Waals surface area (Å²) in [7, 11) is 1.55. The van der Waals surface area contributed by atoms with Crippen LogP contribution in [0.3, 0.4) is 0 Å². The van der Waals surface area contributed by atoms with Gasteiger partial charge in [0.15, 0.2) is 0 Å². The fourth-order valence-corrected chi connectivity index (χ4v) is 1.91. The van der Waals surface area contributed by atoms with Crippen LogP contribution in [0.5, 0.6) is 5.75 Å². The predicted octanol–water partition coefficient (Wildman–Crippen LogP) is 1.48. The molecule has 0 saturated heterocycles. The van der Waals surface area contributed by atoms with E-state index in [0.29, 0.717) is 17.0 Å². The van der Waals surface area contributed by atoms with Gasteiger partial charge in [-0.1, -0.05) is 18.2 Å². The maximum atomic E-state index is 12.1. The first-order chi connectivity index (χ1) is 10.6. The number of ether oxygens (including phenoxy) is 1. The van der Waals surface area contributed by atoms with Crippen LogP contribution in [0.15, 0.2) is 48.5 Å². The summed E-state index contributed by atoms with van der Waals surface area (Å²) in [5.41, 5.74) is 4.03. The third-order valence-electron chi connectivity index (χ3n) is 3.07. The van der Waals surface area contributed by atoms with E-state index in [4.69, 9.17) is 10.6 Å². The van der Waals surface area contributed by atoms with Crippen molar-refractivity contribution in [2.75, 3.05) is 12.4 Å². The van der Waals surface area contributed by atoms with Crippen LogP contribution in [-0.2, 0) is 11.2 Å². The lowest BCUT2D eigenvalue weighted by molar-refractivity contribution is -0.120. The van der Waals surface area contributed by atoms with Crippen molar-refractivity contribution in [3.63, 3.8) is 0 Å². The zero-order valence-electron chi connectivity index (χ0n) is 12.1. The topological polar surface area (TPSA) is 93.4 Å². The van der Waals surface area contributed by atoms with Crippen molar-refractivity contribution in [2.45, 2.75) is 6.42 Å². The van der Waals surface area contributed by atoms with Crippen molar-refractivity contribution < 1.29 is 14.3 Å². The molecule has 0 saturated carbocycles. The van der Waals surface area contributed by atoms with E-state index in [-0.39, 0.29) is 18.2 Å². The van der Waals surface area contributed by atoms with E-state index in [9.17, 15) is 9.59 Å². The van der Waals surface area contributed by atoms with Crippen LogP contribution in [0.4, 0.5) is 5.69 Å². The van der Waals surface area contributed by atoms with Gasteiger partial charge in [-0.25, -0.2) is 5.84 Å². The van der Waals surface area contributed by atoms with Gasteiger partial charge in [0.05, 0.1) is 13.5 Å². The normalized spacial score (nSPS) is 9.91. The van der Waals surface area contributed by atoms with Gasteiger partial charge in [-0.05, 0) is 35.9 Å². The molecule has 0 fully saturated rings. The second-order valence-corrected chi connectivity index (χ2v) is 4.63. The summed E-state index contributed by atoms with van der Waals surface area (Å²) in [6.45, 7) is 0. The van der Waals surface area contributed by atoms with E-state index in [1.54, 1.807) is 55.6 Å². The van der Waals surface area contributed by atoms with Gasteiger partial charge in [0.2, 0.25) is 5.91 Å². The van der Waals surface area contributed by atoms with Crippen LogP contribution in [0.1, 0.15) is 15.9 Å². The first-order valence-electron chi connectivity index (χ1n) is 6.66. The van der Waals surface area contributed by atoms with Gasteiger partial charge in [-0.3, -0.25) is 15.0 Å². The minimum absolute atomic E-state index is 0.195. The Morgan fingerprint density at radius 3 is 2.50 bits per heavy atom. The minimum Gasteiger partial charge on any atom is -0.497 e. The van der Waals surface area contributed by atoms with E-state index >= 15 is 0 Å². The van der Waals surface area contributed by atoms with Gasteiger partial charge < -0.3 is 10.1 Å². The highest BCUT2D eigenvalue weighted by molar-refractivity contribution is 6.04. The van der Waals surface area contributed by atoms with Crippen molar-refractivity contribution in [3.05, 3.63) is 59.7 Å². The highest BCUT2D eigenvalue weighted by Gasteiger charge is 2.07. The molecular formula is C16H17N3O3. The van der Waals surface area contributed by atoms with Crippen LogP contribution in [0.25, 0.3) is 0 Å². The van der Waals surface area contributed by atoms with Gasteiger partial charge in [-0.15, -0.1) is 0 Å². The van der Waals surface area contributed by atoms with Crippen molar-refractivity contribution in [2.24, 2.45) is 5.84 Å². The SMILES string of the molecule is COc1cccc(C(=O)Nc2ccc(CC(=O)NN)cc2)c1. The fraction of sp³-hybridized carbons (Fsp3) is 0.125. The molecule has 0 bridgehead atoms. The largest absolute Gasteiger partial charge is 0.497 e. The van der Waals surface area contributed by atoms with E-state index in [2.05, 4.69) is 10.7 Å². The Morgan fingerprint density at radius 2 is 1.86 bits per heavy atom. The Balaban J connectivity index is 2.03. The third kappa shape index (κ3) is 4.07. The van der Waals surface area contributed by atoms with Crippen molar-refractivity contribution >= 4 is 17.5 Å². The highest BCUT2D eigenvalue weighted by Crippen LogP contribution is 2.15. The predicted molar refractivity (Wildman–Crippen MR) is 83.4 cm³/mol. The lowest BCUT2D eigenvalue weighted by Gasteiger charge is -2.07. The number of carbonyl (C=O) groups is 2. The maximum absolute atomic E-state index is 12.1. The Morgan fingerprint density at radius 1 is 1.14 bits per heavy atom. The molecule has 0 radical (unpaired) electrons. The van der Waals surface area contributed by atoms with Crippen LogP contribution >= 0.6 is 0 Å². The van der Waals surface area contributed by atoms with E-state index in [1.807, 2.05) is 0 Å². The number of rotatable bonds is 5.